The zero-order chi connectivity index (χ0) is 21.1. The van der Waals surface area contributed by atoms with Crippen molar-refractivity contribution in [2.75, 3.05) is 6.54 Å². The molecule has 1 unspecified atom stereocenters. The number of benzene rings is 1. The molecule has 2 aliphatic heterocycles. The average Bonchev–Trinajstić information content (AvgIpc) is 3.39. The van der Waals surface area contributed by atoms with Gasteiger partial charge in [-0.1, -0.05) is 26.0 Å². The first-order chi connectivity index (χ1) is 13.8. The summed E-state index contributed by atoms with van der Waals surface area (Å²) < 4.78 is 27.0. The lowest BCUT2D eigenvalue weighted by molar-refractivity contribution is -0.122. The van der Waals surface area contributed by atoms with E-state index >= 15 is 0 Å². The minimum atomic E-state index is -3.64. The number of amidine groups is 1. The van der Waals surface area contributed by atoms with Crippen molar-refractivity contribution >= 4 is 21.8 Å². The predicted octanol–water partition coefficient (Wildman–Crippen LogP) is 2.22. The molecule has 0 aliphatic carbocycles. The quantitative estimate of drug-likeness (QED) is 0.603. The Labute approximate surface area is 171 Å². The molecule has 2 heterocycles. The van der Waals surface area contributed by atoms with E-state index in [1.165, 1.54) is 6.07 Å². The number of sulfonamides is 1. The third kappa shape index (κ3) is 5.01. The van der Waals surface area contributed by atoms with Gasteiger partial charge in [-0.15, -0.1) is 12.3 Å². The maximum absolute atomic E-state index is 12.8. The Kier molecular flexibility index (Phi) is 6.03. The van der Waals surface area contributed by atoms with Crippen LogP contribution in [0, 0.1) is 18.3 Å². The van der Waals surface area contributed by atoms with Crippen molar-refractivity contribution in [3.8, 4) is 12.3 Å². The van der Waals surface area contributed by atoms with E-state index in [2.05, 4.69) is 31.2 Å². The van der Waals surface area contributed by atoms with E-state index in [4.69, 9.17) is 6.42 Å². The van der Waals surface area contributed by atoms with E-state index in [0.29, 0.717) is 37.8 Å². The molecule has 1 aromatic carbocycles. The fraction of sp³-hybridized carbons (Fsp3) is 0.500. The van der Waals surface area contributed by atoms with Crippen LogP contribution in [0.2, 0.25) is 0 Å². The summed E-state index contributed by atoms with van der Waals surface area (Å²) in [5.74, 6) is 2.74. The maximum Gasteiger partial charge on any atom is 0.263 e. The molecule has 8 nitrogen and oxygen atoms in total. The van der Waals surface area contributed by atoms with E-state index < -0.39 is 21.7 Å². The Hall–Kier alpha value is -2.73. The number of amides is 1. The molecule has 0 spiro atoms. The van der Waals surface area contributed by atoms with Crippen LogP contribution in [-0.2, 0) is 14.8 Å². The van der Waals surface area contributed by atoms with Crippen LogP contribution in [0.15, 0.2) is 44.4 Å². The van der Waals surface area contributed by atoms with Crippen molar-refractivity contribution in [3.63, 3.8) is 0 Å². The van der Waals surface area contributed by atoms with Crippen LogP contribution in [0.25, 0.3) is 0 Å². The standard InChI is InChI=1S/C20H25N5O3S/c1-4-5-10-20(24-25-20)11-12-21-19(26)16(13-14(2)3)22-18-15-8-6-7-9-17(15)29(27,28)23-18/h1,6-9,14,16H,5,10-13H2,2-3H3,(H,21,26)(H,22,23). The van der Waals surface area contributed by atoms with Gasteiger partial charge in [-0.25, -0.2) is 8.42 Å². The van der Waals surface area contributed by atoms with E-state index in [9.17, 15) is 13.2 Å². The SMILES string of the molecule is C#CCCC1(CCNC(=O)C(CC(C)C)N=C2NS(=O)(=O)c3ccccc32)N=N1. The van der Waals surface area contributed by atoms with Crippen molar-refractivity contribution in [1.29, 1.82) is 0 Å². The van der Waals surface area contributed by atoms with Gasteiger partial charge in [-0.2, -0.15) is 10.2 Å². The van der Waals surface area contributed by atoms with E-state index in [0.717, 1.165) is 0 Å². The predicted molar refractivity (Wildman–Crippen MR) is 110 cm³/mol. The van der Waals surface area contributed by atoms with Gasteiger partial charge in [0.15, 0.2) is 5.66 Å². The van der Waals surface area contributed by atoms with Crippen LogP contribution in [0.4, 0.5) is 0 Å². The largest absolute Gasteiger partial charge is 0.354 e. The van der Waals surface area contributed by atoms with Crippen LogP contribution in [-0.4, -0.2) is 38.4 Å². The van der Waals surface area contributed by atoms with Gasteiger partial charge in [0.05, 0.1) is 4.90 Å². The molecule has 0 saturated carbocycles. The van der Waals surface area contributed by atoms with Crippen molar-refractivity contribution < 1.29 is 13.2 Å². The minimum absolute atomic E-state index is 0.176. The third-order valence-electron chi connectivity index (χ3n) is 4.82. The molecule has 1 aromatic rings. The van der Waals surface area contributed by atoms with Crippen LogP contribution in [0.5, 0.6) is 0 Å². The molecule has 154 valence electrons. The number of aliphatic imine (C=N–C) groups is 1. The van der Waals surface area contributed by atoms with Gasteiger partial charge in [-0.05, 0) is 24.5 Å². The monoisotopic (exact) mass is 415 g/mol. The van der Waals surface area contributed by atoms with Gasteiger partial charge in [0.1, 0.15) is 11.9 Å². The molecule has 0 bridgehead atoms. The molecule has 1 amide bonds. The smallest absolute Gasteiger partial charge is 0.263 e. The zero-order valence-corrected chi connectivity index (χ0v) is 17.4. The fourth-order valence-electron chi connectivity index (χ4n) is 3.22. The summed E-state index contributed by atoms with van der Waals surface area (Å²) in [6.07, 6.45) is 7.63. The summed E-state index contributed by atoms with van der Waals surface area (Å²) in [5, 5.41) is 11.0. The molecule has 3 rings (SSSR count). The van der Waals surface area contributed by atoms with Gasteiger partial charge in [-0.3, -0.25) is 14.5 Å². The first kappa shape index (κ1) is 21.0. The second kappa shape index (κ2) is 8.33. The highest BCUT2D eigenvalue weighted by Gasteiger charge is 2.39. The third-order valence-corrected chi connectivity index (χ3v) is 6.22. The molecule has 9 heteroatoms. The summed E-state index contributed by atoms with van der Waals surface area (Å²) in [6, 6.07) is 5.90. The lowest BCUT2D eigenvalue weighted by atomic mass is 10.0. The van der Waals surface area contributed by atoms with Crippen LogP contribution in [0.3, 0.4) is 0 Å². The molecule has 0 saturated heterocycles. The van der Waals surface area contributed by atoms with E-state index in [1.807, 2.05) is 13.8 Å². The number of hydrogen-bond donors (Lipinski definition) is 2. The Morgan fingerprint density at radius 3 is 2.69 bits per heavy atom. The molecule has 1 atom stereocenters. The maximum atomic E-state index is 12.8. The number of hydrogen-bond acceptors (Lipinski definition) is 6. The fourth-order valence-corrected chi connectivity index (χ4v) is 4.46. The second-order valence-corrected chi connectivity index (χ2v) is 9.30. The minimum Gasteiger partial charge on any atom is -0.354 e. The van der Waals surface area contributed by atoms with Gasteiger partial charge in [0.2, 0.25) is 5.91 Å². The van der Waals surface area contributed by atoms with Crippen LogP contribution < -0.4 is 10.0 Å². The Morgan fingerprint density at radius 1 is 1.31 bits per heavy atom. The highest BCUT2D eigenvalue weighted by molar-refractivity contribution is 7.90. The van der Waals surface area contributed by atoms with Gasteiger partial charge in [0, 0.05) is 31.4 Å². The average molecular weight is 416 g/mol. The molecule has 2 aliphatic rings. The number of nitrogens with one attached hydrogen (secondary N) is 2. The number of carbonyl (C=O) groups excluding carboxylic acids is 1. The van der Waals surface area contributed by atoms with Crippen molar-refractivity contribution in [2.24, 2.45) is 21.1 Å². The molecular weight excluding hydrogens is 390 g/mol. The normalized spacial score (nSPS) is 20.0. The number of nitrogens with zero attached hydrogens (tertiary/aromatic N) is 3. The highest BCUT2D eigenvalue weighted by atomic mass is 32.2. The second-order valence-electron chi connectivity index (χ2n) is 7.65. The summed E-state index contributed by atoms with van der Waals surface area (Å²) in [4.78, 5) is 17.4. The Bertz CT molecular complexity index is 986. The molecule has 0 fully saturated rings. The first-order valence-electron chi connectivity index (χ1n) is 9.61. The summed E-state index contributed by atoms with van der Waals surface area (Å²) in [6.45, 7) is 4.38. The molecule has 29 heavy (non-hydrogen) atoms. The Morgan fingerprint density at radius 2 is 2.03 bits per heavy atom. The number of rotatable bonds is 9. The Balaban J connectivity index is 1.69. The summed E-state index contributed by atoms with van der Waals surface area (Å²) >= 11 is 0. The van der Waals surface area contributed by atoms with Gasteiger partial charge >= 0.3 is 0 Å². The van der Waals surface area contributed by atoms with Crippen molar-refractivity contribution in [2.45, 2.75) is 56.1 Å². The van der Waals surface area contributed by atoms with Crippen molar-refractivity contribution in [1.82, 2.24) is 10.0 Å². The van der Waals surface area contributed by atoms with Gasteiger partial charge < -0.3 is 5.32 Å². The van der Waals surface area contributed by atoms with Gasteiger partial charge in [0.25, 0.3) is 10.0 Å². The number of carbonyl (C=O) groups is 1. The topological polar surface area (TPSA) is 112 Å². The van der Waals surface area contributed by atoms with E-state index in [-0.39, 0.29) is 22.6 Å². The summed E-state index contributed by atoms with van der Waals surface area (Å²) in [7, 11) is -3.64. The number of fused-ring (bicyclic) bond motifs is 1. The molecular formula is C20H25N5O3S. The molecule has 0 aromatic heterocycles. The van der Waals surface area contributed by atoms with Crippen molar-refractivity contribution in [3.05, 3.63) is 29.8 Å². The first-order valence-corrected chi connectivity index (χ1v) is 11.1. The van der Waals surface area contributed by atoms with Crippen LogP contribution >= 0.6 is 0 Å². The lowest BCUT2D eigenvalue weighted by Crippen LogP contribution is -2.38. The highest BCUT2D eigenvalue weighted by Crippen LogP contribution is 2.36. The van der Waals surface area contributed by atoms with E-state index in [1.54, 1.807) is 18.2 Å². The number of terminal acetylenes is 1. The molecule has 0 radical (unpaired) electrons. The molecule has 2 N–H and O–H groups in total. The zero-order valence-electron chi connectivity index (χ0n) is 16.6. The lowest BCUT2D eigenvalue weighted by Gasteiger charge is -2.17. The summed E-state index contributed by atoms with van der Waals surface area (Å²) in [5.41, 5.74) is 0.0249. The van der Waals surface area contributed by atoms with Crippen LogP contribution in [0.1, 0.15) is 45.1 Å².